The quantitative estimate of drug-likeness (QED) is 0.0500. The predicted octanol–water partition coefficient (Wildman–Crippen LogP) is -24.3. The second-order valence-electron chi connectivity index (χ2n) is 9.96. The van der Waals surface area contributed by atoms with Gasteiger partial charge in [0.1, 0.15) is 16.8 Å². The summed E-state index contributed by atoms with van der Waals surface area (Å²) in [6.45, 7) is 0. The SMILES string of the molecule is O.O.O.O.O=C([O-])CC(O)(CC(=O)O[O-])C(=O)[O-].O=C([O-])CC(O)(CC(=O)O[O-])C(=O)[O-].O=C([O-])CC(O)(CC(=O)O[O-])C(=O)[O-].O=C([O-])CC([O-])(CC(=O)O[O-])C(=O)[O-].[NH4+].[Ti+4].[Ti+4].[Ti+4]. The first-order chi connectivity index (χ1) is 25.3. The zero-order valence-electron chi connectivity index (χ0n) is 31.3. The molecule has 0 aromatic carbocycles. The van der Waals surface area contributed by atoms with Crippen molar-refractivity contribution < 1.29 is 246 Å². The van der Waals surface area contributed by atoms with Crippen LogP contribution in [0.15, 0.2) is 0 Å². The molecular weight excluding hydrogens is 1020 g/mol. The molecule has 0 radical (unpaired) electrons. The second-order valence-corrected chi connectivity index (χ2v) is 9.96. The van der Waals surface area contributed by atoms with Crippen molar-refractivity contribution in [2.24, 2.45) is 0 Å². The third-order valence-corrected chi connectivity index (χ3v) is 5.36. The van der Waals surface area contributed by atoms with Crippen LogP contribution in [0.1, 0.15) is 51.4 Å². The third-order valence-electron chi connectivity index (χ3n) is 5.36. The van der Waals surface area contributed by atoms with E-state index in [0.29, 0.717) is 0 Å². The largest absolute Gasteiger partial charge is 4.00 e. The summed E-state index contributed by atoms with van der Waals surface area (Å²) in [7, 11) is 0. The molecule has 0 aliphatic rings. The first kappa shape index (κ1) is 90.1. The van der Waals surface area contributed by atoms with Crippen LogP contribution in [-0.2, 0) is 142 Å². The molecule has 0 aromatic heterocycles. The average molecular weight is 1050 g/mol. The van der Waals surface area contributed by atoms with E-state index >= 15 is 0 Å². The topological polar surface area (TPSA) is 765 Å². The Morgan fingerprint density at radius 3 is 0.641 bits per heavy atom. The number of carboxylic acid groups (broad SMARTS) is 8. The van der Waals surface area contributed by atoms with E-state index in [0.717, 1.165) is 0 Å². The molecule has 4 unspecified atom stereocenters. The molecule has 0 saturated carbocycles. The first-order valence-corrected chi connectivity index (χ1v) is 13.1. The monoisotopic (exact) mass is 1050 g/mol. The Hall–Kier alpha value is -4.74. The number of carbonyl (C=O) groups is 12. The van der Waals surface area contributed by atoms with Crippen molar-refractivity contribution >= 4 is 71.6 Å². The number of quaternary nitrogens is 1. The van der Waals surface area contributed by atoms with Gasteiger partial charge in [-0.15, -0.1) is 0 Å². The fourth-order valence-corrected chi connectivity index (χ4v) is 2.84. The van der Waals surface area contributed by atoms with Gasteiger partial charge in [-0.25, -0.2) is 0 Å². The van der Waals surface area contributed by atoms with Gasteiger partial charge in [-0.2, -0.15) is 0 Å². The molecule has 0 aliphatic heterocycles. The number of hydrogen-bond donors (Lipinski definition) is 4. The number of rotatable bonds is 20. The number of aliphatic hydroxyl groups is 3. The molecule has 0 aliphatic carbocycles. The summed E-state index contributed by atoms with van der Waals surface area (Å²) in [6.07, 6.45) is -11.0. The summed E-state index contributed by atoms with van der Waals surface area (Å²) in [5, 5.41) is 157. The van der Waals surface area contributed by atoms with E-state index < -0.39 is 145 Å². The maximum absolute atomic E-state index is 11.1. The molecule has 40 heteroatoms. The summed E-state index contributed by atoms with van der Waals surface area (Å²) in [6, 6.07) is 0. The van der Waals surface area contributed by atoms with Gasteiger partial charge in [0.2, 0.25) is 0 Å². The van der Waals surface area contributed by atoms with Crippen LogP contribution in [0.5, 0.6) is 0 Å². The fraction of sp³-hybridized carbons (Fsp3) is 0.500. The van der Waals surface area contributed by atoms with E-state index in [-0.39, 0.29) is 93.2 Å². The van der Waals surface area contributed by atoms with Gasteiger partial charge in [-0.1, -0.05) is 5.60 Å². The molecule has 64 heavy (non-hydrogen) atoms. The molecule has 0 heterocycles. The number of carbonyl (C=O) groups excluding carboxylic acids is 12. The summed E-state index contributed by atoms with van der Waals surface area (Å²) < 4.78 is 0. The van der Waals surface area contributed by atoms with Crippen molar-refractivity contribution in [2.75, 3.05) is 0 Å². The van der Waals surface area contributed by atoms with Crippen molar-refractivity contribution in [1.82, 2.24) is 6.15 Å². The van der Waals surface area contributed by atoms with E-state index in [1.165, 1.54) is 0 Å². The van der Waals surface area contributed by atoms with Gasteiger partial charge in [-0.05, 0) is 6.42 Å². The van der Waals surface area contributed by atoms with Crippen molar-refractivity contribution in [1.29, 1.82) is 0 Å². The summed E-state index contributed by atoms with van der Waals surface area (Å²) >= 11 is 0. The van der Waals surface area contributed by atoms with Gasteiger partial charge in [0, 0.05) is 55.5 Å². The van der Waals surface area contributed by atoms with Gasteiger partial charge in [0.15, 0.2) is 0 Å². The predicted molar refractivity (Wildman–Crippen MR) is 139 cm³/mol. The molecule has 37 nitrogen and oxygen atoms in total. The van der Waals surface area contributed by atoms with Crippen LogP contribution >= 0.6 is 0 Å². The van der Waals surface area contributed by atoms with E-state index in [4.69, 9.17) is 15.3 Å². The Labute approximate surface area is 396 Å². The molecule has 0 saturated heterocycles. The number of carboxylic acids is 8. The van der Waals surface area contributed by atoms with Gasteiger partial charge >= 0.3 is 83.1 Å². The van der Waals surface area contributed by atoms with Crippen molar-refractivity contribution in [3.05, 3.63) is 0 Å². The van der Waals surface area contributed by atoms with E-state index in [9.17, 15) is 125 Å². The second kappa shape index (κ2) is 42.2. The Kier molecular flexibility index (Phi) is 59.4. The van der Waals surface area contributed by atoms with Crippen molar-refractivity contribution in [3.63, 3.8) is 0 Å². The molecular formula is C24H31NO36Ti3. The van der Waals surface area contributed by atoms with Crippen LogP contribution < -0.4 is 73.1 Å². The minimum atomic E-state index is -3.24. The van der Waals surface area contributed by atoms with E-state index in [2.05, 4.69) is 19.6 Å². The normalized spacial score (nSPS) is 12.4. The van der Waals surface area contributed by atoms with Crippen LogP contribution in [0.4, 0.5) is 0 Å². The summed E-state index contributed by atoms with van der Waals surface area (Å²) in [5.74, 6) is -23.1. The Morgan fingerprint density at radius 2 is 0.516 bits per heavy atom. The van der Waals surface area contributed by atoms with Crippen LogP contribution in [-0.4, -0.2) is 131 Å². The van der Waals surface area contributed by atoms with Crippen molar-refractivity contribution in [2.45, 2.75) is 73.8 Å². The summed E-state index contributed by atoms with van der Waals surface area (Å²) in [5.41, 5.74) is -12.2. The Morgan fingerprint density at radius 1 is 0.344 bits per heavy atom. The third kappa shape index (κ3) is 40.1. The maximum Gasteiger partial charge on any atom is 4.00 e. The molecule has 0 rings (SSSR count). The fourth-order valence-electron chi connectivity index (χ4n) is 2.84. The molecule has 4 atom stereocenters. The zero-order chi connectivity index (χ0) is 45.4. The Bertz CT molecular complexity index is 1280. The molecule has 0 amide bonds. The van der Waals surface area contributed by atoms with Gasteiger partial charge in [-0.3, -0.25) is 19.2 Å². The molecule has 360 valence electrons. The average Bonchev–Trinajstić information content (AvgIpc) is 3.03. The minimum Gasteiger partial charge on any atom is -0.844 e. The molecule has 0 aromatic rings. The van der Waals surface area contributed by atoms with Crippen molar-refractivity contribution in [3.8, 4) is 0 Å². The molecule has 0 bridgehead atoms. The van der Waals surface area contributed by atoms with E-state index in [1.54, 1.807) is 0 Å². The van der Waals surface area contributed by atoms with Crippen LogP contribution in [0.3, 0.4) is 0 Å². The summed E-state index contributed by atoms with van der Waals surface area (Å²) in [4.78, 5) is 133. The maximum atomic E-state index is 11.1. The zero-order valence-corrected chi connectivity index (χ0v) is 36.0. The number of hydrogen-bond acceptors (Lipinski definition) is 32. The van der Waals surface area contributed by atoms with Gasteiger partial charge < -0.3 is 168 Å². The molecule has 0 fully saturated rings. The van der Waals surface area contributed by atoms with Crippen LogP contribution in [0.2, 0.25) is 0 Å². The minimum absolute atomic E-state index is 0. The smallest absolute Gasteiger partial charge is 0.844 e. The first-order valence-electron chi connectivity index (χ1n) is 13.1. The van der Waals surface area contributed by atoms with E-state index in [1.807, 2.05) is 0 Å². The molecule has 0 spiro atoms. The van der Waals surface area contributed by atoms with Gasteiger partial charge in [0.25, 0.3) is 5.97 Å². The Balaban J connectivity index is -0.0000000541. The van der Waals surface area contributed by atoms with Crippen LogP contribution in [0, 0.1) is 0 Å². The standard InChI is InChI=1S/3C6H8O8.C6H7O8.H3N.4H2O.3Ti/c4*7-3(8)1-6(12,5(10)11)2-4(9)14-13;;;;;;;;/h3*12-13H,1-2H2,(H,7,8)(H,10,11);13H,1-2H2,(H,7,8)(H,10,11);1H3;4*1H2;;;/q;;;-1;;;;;;3*+4/p-11. The van der Waals surface area contributed by atoms with Crippen LogP contribution in [0.25, 0.3) is 0 Å². The number of aliphatic carboxylic acids is 8. The van der Waals surface area contributed by atoms with Gasteiger partial charge in [0.05, 0.1) is 37.2 Å². The molecule has 15 N–H and O–H groups in total.